The molecule has 0 unspecified atom stereocenters. The third-order valence-electron chi connectivity index (χ3n) is 10.8. The number of benzene rings is 8. The third kappa shape index (κ3) is 4.49. The summed E-state index contributed by atoms with van der Waals surface area (Å²) in [6, 6.07) is 59.4. The second-order valence-electron chi connectivity index (χ2n) is 13.9. The van der Waals surface area contributed by atoms with E-state index < -0.39 is 0 Å². The molecule has 0 radical (unpaired) electrons. The van der Waals surface area contributed by atoms with E-state index in [1.165, 1.54) is 36.5 Å². The SMILES string of the molecule is c1ccc(-c2nc(-c3ccccc3)nc(-c3cc4oc5c(-n6c7ccccc7c7ccc8sc9ccccc9c8c76)cccc5c4c4ccccc34)n2)cc1. The first kappa shape index (κ1) is 30.3. The Bertz CT molecular complexity index is 3430. The molecule has 0 N–H and O–H groups in total. The van der Waals surface area contributed by atoms with Crippen LogP contribution in [0.25, 0.3) is 115 Å². The Balaban J connectivity index is 1.17. The molecular formula is C49H28N4OS. The minimum absolute atomic E-state index is 0.598. The summed E-state index contributed by atoms with van der Waals surface area (Å²) in [5.74, 6) is 1.85. The van der Waals surface area contributed by atoms with Crippen molar-refractivity contribution in [2.45, 2.75) is 0 Å². The van der Waals surface area contributed by atoms with Crippen LogP contribution in [-0.2, 0) is 0 Å². The lowest BCUT2D eigenvalue weighted by molar-refractivity contribution is 0.667. The highest BCUT2D eigenvalue weighted by atomic mass is 32.1. The van der Waals surface area contributed by atoms with E-state index in [9.17, 15) is 0 Å². The molecule has 6 heteroatoms. The van der Waals surface area contributed by atoms with Crippen LogP contribution < -0.4 is 0 Å². The number of fused-ring (bicyclic) bond motifs is 12. The van der Waals surface area contributed by atoms with Gasteiger partial charge in [0.25, 0.3) is 0 Å². The van der Waals surface area contributed by atoms with E-state index in [1.54, 1.807) is 0 Å². The molecule has 55 heavy (non-hydrogen) atoms. The zero-order valence-electron chi connectivity index (χ0n) is 29.3. The highest BCUT2D eigenvalue weighted by Crippen LogP contribution is 2.46. The first-order valence-electron chi connectivity index (χ1n) is 18.4. The molecule has 12 rings (SSSR count). The van der Waals surface area contributed by atoms with Crippen molar-refractivity contribution < 1.29 is 4.42 Å². The van der Waals surface area contributed by atoms with Crippen LogP contribution in [0.15, 0.2) is 174 Å². The predicted molar refractivity (Wildman–Crippen MR) is 228 cm³/mol. The molecule has 0 aliphatic heterocycles. The molecule has 8 aromatic carbocycles. The van der Waals surface area contributed by atoms with Crippen LogP contribution in [0.5, 0.6) is 0 Å². The van der Waals surface area contributed by atoms with Crippen LogP contribution in [0.1, 0.15) is 0 Å². The molecule has 12 aromatic rings. The number of hydrogen-bond donors (Lipinski definition) is 0. The monoisotopic (exact) mass is 720 g/mol. The lowest BCUT2D eigenvalue weighted by Crippen LogP contribution is -2.00. The molecule has 0 fully saturated rings. The zero-order valence-corrected chi connectivity index (χ0v) is 30.1. The van der Waals surface area contributed by atoms with Crippen molar-refractivity contribution in [3.63, 3.8) is 0 Å². The maximum absolute atomic E-state index is 7.10. The lowest BCUT2D eigenvalue weighted by Gasteiger charge is -2.11. The highest BCUT2D eigenvalue weighted by molar-refractivity contribution is 7.26. The van der Waals surface area contributed by atoms with Gasteiger partial charge in [-0.15, -0.1) is 11.3 Å². The van der Waals surface area contributed by atoms with E-state index in [4.69, 9.17) is 19.4 Å². The van der Waals surface area contributed by atoms with Gasteiger partial charge in [0, 0.05) is 58.4 Å². The van der Waals surface area contributed by atoms with Crippen LogP contribution >= 0.6 is 11.3 Å². The third-order valence-corrected chi connectivity index (χ3v) is 12.0. The van der Waals surface area contributed by atoms with Crippen molar-refractivity contribution in [3.05, 3.63) is 170 Å². The van der Waals surface area contributed by atoms with Gasteiger partial charge in [-0.25, -0.2) is 15.0 Å². The lowest BCUT2D eigenvalue weighted by atomic mass is 9.98. The number of hydrogen-bond acceptors (Lipinski definition) is 5. The Labute approximate surface area is 318 Å². The topological polar surface area (TPSA) is 56.7 Å². The van der Waals surface area contributed by atoms with Crippen molar-refractivity contribution in [2.75, 3.05) is 0 Å². The van der Waals surface area contributed by atoms with E-state index >= 15 is 0 Å². The predicted octanol–water partition coefficient (Wildman–Crippen LogP) is 13.4. The maximum atomic E-state index is 7.10. The van der Waals surface area contributed by atoms with Gasteiger partial charge in [0.05, 0.1) is 16.7 Å². The minimum atomic E-state index is 0.598. The first-order chi connectivity index (χ1) is 27.3. The fourth-order valence-corrected chi connectivity index (χ4v) is 9.56. The van der Waals surface area contributed by atoms with Gasteiger partial charge in [-0.3, -0.25) is 0 Å². The number of nitrogens with zero attached hydrogens (tertiary/aromatic N) is 4. The Morgan fingerprint density at radius 2 is 1.05 bits per heavy atom. The summed E-state index contributed by atoms with van der Waals surface area (Å²) in [6.07, 6.45) is 0. The molecular weight excluding hydrogens is 693 g/mol. The van der Waals surface area contributed by atoms with Crippen LogP contribution in [0.4, 0.5) is 0 Å². The summed E-state index contributed by atoms with van der Waals surface area (Å²) in [4.78, 5) is 15.2. The van der Waals surface area contributed by atoms with E-state index in [0.29, 0.717) is 17.5 Å². The Morgan fingerprint density at radius 3 is 1.82 bits per heavy atom. The molecule has 0 atom stereocenters. The summed E-state index contributed by atoms with van der Waals surface area (Å²) in [5.41, 5.74) is 7.72. The maximum Gasteiger partial charge on any atom is 0.164 e. The number of furan rings is 1. The van der Waals surface area contributed by atoms with Crippen molar-refractivity contribution in [2.24, 2.45) is 0 Å². The van der Waals surface area contributed by atoms with Crippen LogP contribution in [0, 0.1) is 0 Å². The number of para-hydroxylation sites is 2. The van der Waals surface area contributed by atoms with Crippen LogP contribution in [0.2, 0.25) is 0 Å². The van der Waals surface area contributed by atoms with Crippen molar-refractivity contribution in [3.8, 4) is 39.9 Å². The second-order valence-corrected chi connectivity index (χ2v) is 15.0. The molecule has 0 saturated carbocycles. The number of aromatic nitrogens is 4. The normalized spacial score (nSPS) is 12.0. The van der Waals surface area contributed by atoms with Gasteiger partial charge < -0.3 is 8.98 Å². The second kappa shape index (κ2) is 11.7. The van der Waals surface area contributed by atoms with Gasteiger partial charge in [0.1, 0.15) is 5.58 Å². The van der Waals surface area contributed by atoms with Gasteiger partial charge in [-0.1, -0.05) is 140 Å². The molecule has 0 aliphatic rings. The summed E-state index contributed by atoms with van der Waals surface area (Å²) in [6.45, 7) is 0. The molecule has 4 aromatic heterocycles. The van der Waals surface area contributed by atoms with E-state index in [-0.39, 0.29) is 0 Å². The molecule has 0 bridgehead atoms. The van der Waals surface area contributed by atoms with E-state index in [1.807, 2.05) is 72.0 Å². The molecule has 0 amide bonds. The fourth-order valence-electron chi connectivity index (χ4n) is 8.45. The molecule has 0 spiro atoms. The zero-order chi connectivity index (χ0) is 36.0. The van der Waals surface area contributed by atoms with E-state index in [2.05, 4.69) is 114 Å². The average molecular weight is 721 g/mol. The molecule has 256 valence electrons. The van der Waals surface area contributed by atoms with Gasteiger partial charge in [-0.2, -0.15) is 0 Å². The Kier molecular flexibility index (Phi) is 6.44. The van der Waals surface area contributed by atoms with Gasteiger partial charge in [0.15, 0.2) is 23.1 Å². The summed E-state index contributed by atoms with van der Waals surface area (Å²) in [5, 5.41) is 9.26. The van der Waals surface area contributed by atoms with E-state index in [0.717, 1.165) is 60.6 Å². The molecule has 5 nitrogen and oxygen atoms in total. The number of thiophene rings is 1. The van der Waals surface area contributed by atoms with Crippen molar-refractivity contribution in [1.82, 2.24) is 19.5 Å². The van der Waals surface area contributed by atoms with Crippen molar-refractivity contribution >= 4 is 86.0 Å². The average Bonchev–Trinajstić information content (AvgIpc) is 3.93. The van der Waals surface area contributed by atoms with Crippen LogP contribution in [-0.4, -0.2) is 19.5 Å². The molecule has 0 aliphatic carbocycles. The van der Waals surface area contributed by atoms with Gasteiger partial charge in [-0.05, 0) is 41.1 Å². The largest absolute Gasteiger partial charge is 0.454 e. The Hall–Kier alpha value is -7.15. The molecule has 4 heterocycles. The highest BCUT2D eigenvalue weighted by Gasteiger charge is 2.23. The quantitative estimate of drug-likeness (QED) is 0.182. The van der Waals surface area contributed by atoms with Gasteiger partial charge in [0.2, 0.25) is 0 Å². The first-order valence-corrected chi connectivity index (χ1v) is 19.2. The van der Waals surface area contributed by atoms with Gasteiger partial charge >= 0.3 is 0 Å². The standard InChI is InChI=1S/C49H28N4OS/c1-3-14-29(15-4-1)47-50-48(30-16-5-2-6-17-30)52-49(51-47)37-28-40-43(33-20-8-7-18-31(33)37)36-22-13-24-39(46(36)54-40)53-38-23-11-9-19-32(38)34-26-27-42-44(45(34)53)35-21-10-12-25-41(35)55-42/h1-28H. The fraction of sp³-hybridized carbons (Fsp3) is 0. The summed E-state index contributed by atoms with van der Waals surface area (Å²) >= 11 is 1.84. The Morgan fingerprint density at radius 1 is 0.436 bits per heavy atom. The molecule has 0 saturated heterocycles. The van der Waals surface area contributed by atoms with Crippen LogP contribution in [0.3, 0.4) is 0 Å². The number of rotatable bonds is 4. The minimum Gasteiger partial charge on any atom is -0.454 e. The van der Waals surface area contributed by atoms with Crippen molar-refractivity contribution in [1.29, 1.82) is 0 Å². The summed E-state index contributed by atoms with van der Waals surface area (Å²) in [7, 11) is 0. The smallest absolute Gasteiger partial charge is 0.164 e. The summed E-state index contributed by atoms with van der Waals surface area (Å²) < 4.78 is 12.1.